The lowest BCUT2D eigenvalue weighted by atomic mass is 10.3. The number of rotatable bonds is 9. The summed E-state index contributed by atoms with van der Waals surface area (Å²) in [6.07, 6.45) is 0.679. The summed E-state index contributed by atoms with van der Waals surface area (Å²) in [6.45, 7) is 6.58. The van der Waals surface area contributed by atoms with E-state index in [2.05, 4.69) is 5.32 Å². The second-order valence-electron chi connectivity index (χ2n) is 4.26. The molecule has 0 fully saturated rings. The first-order chi connectivity index (χ1) is 9.13. The lowest BCUT2D eigenvalue weighted by Crippen LogP contribution is -2.30. The van der Waals surface area contributed by atoms with Crippen molar-refractivity contribution in [3.63, 3.8) is 0 Å². The van der Waals surface area contributed by atoms with Crippen LogP contribution in [0.5, 0.6) is 5.75 Å². The van der Waals surface area contributed by atoms with Crippen LogP contribution in [0.4, 0.5) is 8.78 Å². The quantitative estimate of drug-likeness (QED) is 0.702. The highest BCUT2D eigenvalue weighted by Gasteiger charge is 2.09. The molecule has 5 heteroatoms. The first-order valence-corrected chi connectivity index (χ1v) is 6.53. The van der Waals surface area contributed by atoms with Crippen LogP contribution < -0.4 is 10.1 Å². The summed E-state index contributed by atoms with van der Waals surface area (Å²) < 4.78 is 36.8. The molecule has 0 aliphatic rings. The summed E-state index contributed by atoms with van der Waals surface area (Å²) >= 11 is 0. The van der Waals surface area contributed by atoms with E-state index in [9.17, 15) is 8.78 Å². The zero-order valence-electron chi connectivity index (χ0n) is 11.4. The molecule has 0 amide bonds. The van der Waals surface area contributed by atoms with Crippen LogP contribution in [0.1, 0.15) is 20.3 Å². The second-order valence-corrected chi connectivity index (χ2v) is 4.26. The van der Waals surface area contributed by atoms with E-state index < -0.39 is 11.6 Å². The molecule has 0 heterocycles. The van der Waals surface area contributed by atoms with E-state index in [4.69, 9.17) is 9.47 Å². The molecular formula is C14H21F2NO2. The summed E-state index contributed by atoms with van der Waals surface area (Å²) in [4.78, 5) is 0. The van der Waals surface area contributed by atoms with Crippen molar-refractivity contribution in [2.45, 2.75) is 26.4 Å². The Labute approximate surface area is 112 Å². The van der Waals surface area contributed by atoms with Gasteiger partial charge in [-0.2, -0.15) is 0 Å². The summed E-state index contributed by atoms with van der Waals surface area (Å²) in [5.41, 5.74) is 0. The van der Waals surface area contributed by atoms with Crippen LogP contribution in [0, 0.1) is 11.6 Å². The van der Waals surface area contributed by atoms with Gasteiger partial charge in [0.05, 0.1) is 0 Å². The predicted molar refractivity (Wildman–Crippen MR) is 70.4 cm³/mol. The molecule has 0 bridgehead atoms. The Morgan fingerprint density at radius 3 is 2.84 bits per heavy atom. The van der Waals surface area contributed by atoms with Crippen molar-refractivity contribution >= 4 is 0 Å². The minimum atomic E-state index is -0.551. The number of ether oxygens (including phenoxy) is 2. The maximum atomic E-state index is 13.3. The van der Waals surface area contributed by atoms with Gasteiger partial charge < -0.3 is 14.8 Å². The molecular weight excluding hydrogens is 252 g/mol. The van der Waals surface area contributed by atoms with Crippen LogP contribution in [0.15, 0.2) is 18.2 Å². The third-order valence-corrected chi connectivity index (χ3v) is 2.50. The van der Waals surface area contributed by atoms with Gasteiger partial charge in [-0.25, -0.2) is 8.78 Å². The van der Waals surface area contributed by atoms with Gasteiger partial charge in [-0.1, -0.05) is 0 Å². The van der Waals surface area contributed by atoms with Gasteiger partial charge in [0.15, 0.2) is 11.6 Å². The molecule has 0 aliphatic heterocycles. The number of nitrogens with one attached hydrogen (secondary N) is 1. The van der Waals surface area contributed by atoms with Crippen LogP contribution in [-0.2, 0) is 4.74 Å². The third kappa shape index (κ3) is 6.50. The topological polar surface area (TPSA) is 30.5 Å². The maximum Gasteiger partial charge on any atom is 0.165 e. The van der Waals surface area contributed by atoms with Crippen LogP contribution in [0.2, 0.25) is 0 Å². The van der Waals surface area contributed by atoms with E-state index in [0.717, 1.165) is 44.4 Å². The highest BCUT2D eigenvalue weighted by Crippen LogP contribution is 2.19. The lowest BCUT2D eigenvalue weighted by molar-refractivity contribution is 0.143. The van der Waals surface area contributed by atoms with Gasteiger partial charge in [-0.3, -0.25) is 0 Å². The minimum Gasteiger partial charge on any atom is -0.486 e. The van der Waals surface area contributed by atoms with E-state index in [1.807, 2.05) is 6.92 Å². The van der Waals surface area contributed by atoms with Crippen LogP contribution in [0.25, 0.3) is 0 Å². The fourth-order valence-corrected chi connectivity index (χ4v) is 1.57. The predicted octanol–water partition coefficient (Wildman–Crippen LogP) is 2.75. The molecule has 0 spiro atoms. The standard InChI is InChI=1S/C14H21F2NO2/c1-3-18-8-4-7-17-10-11(2)19-14-9-12(15)5-6-13(14)16/h5-6,9,11,17H,3-4,7-8,10H2,1-2H3. The van der Waals surface area contributed by atoms with Gasteiger partial charge in [0.1, 0.15) is 11.9 Å². The van der Waals surface area contributed by atoms with E-state index in [0.29, 0.717) is 6.54 Å². The summed E-state index contributed by atoms with van der Waals surface area (Å²) in [5, 5.41) is 3.18. The Hall–Kier alpha value is -1.20. The van der Waals surface area contributed by atoms with Crippen LogP contribution >= 0.6 is 0 Å². The van der Waals surface area contributed by atoms with E-state index in [1.54, 1.807) is 6.92 Å². The molecule has 1 unspecified atom stereocenters. The summed E-state index contributed by atoms with van der Waals surface area (Å²) in [5.74, 6) is -1.11. The smallest absolute Gasteiger partial charge is 0.165 e. The molecule has 1 aromatic carbocycles. The molecule has 0 saturated carbocycles. The summed E-state index contributed by atoms with van der Waals surface area (Å²) in [6, 6.07) is 3.19. The zero-order chi connectivity index (χ0) is 14.1. The van der Waals surface area contributed by atoms with Crippen molar-refractivity contribution in [3.05, 3.63) is 29.8 Å². The van der Waals surface area contributed by atoms with Gasteiger partial charge in [0.2, 0.25) is 0 Å². The molecule has 0 aliphatic carbocycles. The van der Waals surface area contributed by atoms with E-state index >= 15 is 0 Å². The third-order valence-electron chi connectivity index (χ3n) is 2.50. The average molecular weight is 273 g/mol. The lowest BCUT2D eigenvalue weighted by Gasteiger charge is -2.16. The van der Waals surface area contributed by atoms with Crippen molar-refractivity contribution in [1.29, 1.82) is 0 Å². The van der Waals surface area contributed by atoms with Crippen molar-refractivity contribution in [2.75, 3.05) is 26.3 Å². The van der Waals surface area contributed by atoms with Gasteiger partial charge >= 0.3 is 0 Å². The molecule has 19 heavy (non-hydrogen) atoms. The Balaban J connectivity index is 2.23. The largest absolute Gasteiger partial charge is 0.486 e. The molecule has 1 aromatic rings. The molecule has 0 saturated heterocycles. The Bertz CT molecular complexity index is 374. The first-order valence-electron chi connectivity index (χ1n) is 6.53. The SMILES string of the molecule is CCOCCCNCC(C)Oc1cc(F)ccc1F. The van der Waals surface area contributed by atoms with Gasteiger partial charge in [0, 0.05) is 25.8 Å². The Morgan fingerprint density at radius 2 is 2.11 bits per heavy atom. The number of hydrogen-bond acceptors (Lipinski definition) is 3. The molecule has 0 radical (unpaired) electrons. The fraction of sp³-hybridized carbons (Fsp3) is 0.571. The summed E-state index contributed by atoms with van der Waals surface area (Å²) in [7, 11) is 0. The Morgan fingerprint density at radius 1 is 1.32 bits per heavy atom. The number of halogens is 2. The molecule has 1 N–H and O–H groups in total. The molecule has 108 valence electrons. The van der Waals surface area contributed by atoms with Crippen molar-refractivity contribution in [1.82, 2.24) is 5.32 Å². The molecule has 1 rings (SSSR count). The molecule has 1 atom stereocenters. The maximum absolute atomic E-state index is 13.3. The second kappa shape index (κ2) is 8.82. The van der Waals surface area contributed by atoms with Crippen LogP contribution in [0.3, 0.4) is 0 Å². The van der Waals surface area contributed by atoms with Gasteiger partial charge in [-0.15, -0.1) is 0 Å². The normalized spacial score (nSPS) is 12.4. The average Bonchev–Trinajstić information content (AvgIpc) is 2.38. The highest BCUT2D eigenvalue weighted by molar-refractivity contribution is 5.25. The van der Waals surface area contributed by atoms with Crippen LogP contribution in [-0.4, -0.2) is 32.4 Å². The Kier molecular flexibility index (Phi) is 7.36. The zero-order valence-corrected chi connectivity index (χ0v) is 11.4. The minimum absolute atomic E-state index is 0.0522. The number of benzene rings is 1. The molecule has 3 nitrogen and oxygen atoms in total. The molecule has 0 aromatic heterocycles. The van der Waals surface area contributed by atoms with E-state index in [-0.39, 0.29) is 11.9 Å². The van der Waals surface area contributed by atoms with Crippen molar-refractivity contribution < 1.29 is 18.3 Å². The highest BCUT2D eigenvalue weighted by atomic mass is 19.1. The monoisotopic (exact) mass is 273 g/mol. The fourth-order valence-electron chi connectivity index (χ4n) is 1.57. The van der Waals surface area contributed by atoms with Gasteiger partial charge in [-0.05, 0) is 38.9 Å². The van der Waals surface area contributed by atoms with Gasteiger partial charge in [0.25, 0.3) is 0 Å². The van der Waals surface area contributed by atoms with Crippen molar-refractivity contribution in [2.24, 2.45) is 0 Å². The first kappa shape index (κ1) is 15.9. The van der Waals surface area contributed by atoms with E-state index in [1.165, 1.54) is 0 Å². The van der Waals surface area contributed by atoms with Crippen molar-refractivity contribution in [3.8, 4) is 5.75 Å². The number of hydrogen-bond donors (Lipinski definition) is 1.